The topological polar surface area (TPSA) is 0 Å². The number of hydrogen-bond acceptors (Lipinski definition) is 2. The maximum absolute atomic E-state index is 2.29. The molecule has 1 aliphatic rings. The van der Waals surface area contributed by atoms with Gasteiger partial charge in [0, 0.05) is 5.08 Å². The predicted octanol–water partition coefficient (Wildman–Crippen LogP) is 2.45. The molecule has 0 atom stereocenters. The lowest BCUT2D eigenvalue weighted by Crippen LogP contribution is -2.09. The molecule has 1 aliphatic heterocycles. The van der Waals surface area contributed by atoms with Gasteiger partial charge in [-0.3, -0.25) is 0 Å². The van der Waals surface area contributed by atoms with Crippen LogP contribution in [0.25, 0.3) is 0 Å². The average Bonchev–Trinajstić information content (AvgIpc) is 1.90. The third-order valence-corrected chi connectivity index (χ3v) is 4.20. The van der Waals surface area contributed by atoms with Crippen LogP contribution in [0, 0.1) is 5.92 Å². The lowest BCUT2D eigenvalue weighted by atomic mass is 10.2. The first-order chi connectivity index (χ1) is 3.93. The van der Waals surface area contributed by atoms with E-state index in [2.05, 4.69) is 30.4 Å². The van der Waals surface area contributed by atoms with Crippen molar-refractivity contribution in [1.82, 2.24) is 0 Å². The van der Waals surface area contributed by atoms with Crippen LogP contribution in [0.5, 0.6) is 0 Å². The van der Waals surface area contributed by atoms with Gasteiger partial charge in [0.25, 0.3) is 0 Å². The Kier molecular flexibility index (Phi) is 3.13. The Balaban J connectivity index is 2.13. The maximum Gasteiger partial charge on any atom is 0.0392 e. The third-order valence-electron chi connectivity index (χ3n) is 1.45. The Bertz CT molecular complexity index is 57.5. The van der Waals surface area contributed by atoms with Crippen LogP contribution >= 0.6 is 23.5 Å². The molecule has 8 heavy (non-hydrogen) atoms. The van der Waals surface area contributed by atoms with E-state index in [0.717, 1.165) is 5.92 Å². The Morgan fingerprint density at radius 1 is 1.38 bits per heavy atom. The molecule has 0 amide bonds. The number of hydrogen-bond donors (Lipinski definition) is 0. The summed E-state index contributed by atoms with van der Waals surface area (Å²) in [5.74, 6) is 3.83. The van der Waals surface area contributed by atoms with Gasteiger partial charge in [-0.15, -0.1) is 0 Å². The Labute approximate surface area is 59.8 Å². The quantitative estimate of drug-likeness (QED) is 0.560. The summed E-state index contributed by atoms with van der Waals surface area (Å²) in [5.41, 5.74) is 0. The number of thioether (sulfide) groups is 2. The highest BCUT2D eigenvalue weighted by molar-refractivity contribution is 8.16. The molecule has 0 spiro atoms. The largest absolute Gasteiger partial charge is 0.151 e. The molecule has 48 valence electrons. The van der Waals surface area contributed by atoms with Crippen LogP contribution in [-0.2, 0) is 0 Å². The fraction of sp³-hybridized carbons (Fsp3) is 1.00. The zero-order chi connectivity index (χ0) is 5.82. The van der Waals surface area contributed by atoms with Crippen molar-refractivity contribution in [1.29, 1.82) is 0 Å². The van der Waals surface area contributed by atoms with Crippen LogP contribution in [0.4, 0.5) is 0 Å². The Hall–Kier alpha value is 0.700. The standard InChI is InChI=1S/C6H12S2/c1-2-6-3-7-5-8-4-6/h6H,2-5H2,1H3. The summed E-state index contributed by atoms with van der Waals surface area (Å²) < 4.78 is 0. The first-order valence-electron chi connectivity index (χ1n) is 3.09. The van der Waals surface area contributed by atoms with Crippen molar-refractivity contribution in [3.63, 3.8) is 0 Å². The van der Waals surface area contributed by atoms with E-state index in [1.54, 1.807) is 0 Å². The number of rotatable bonds is 1. The summed E-state index contributed by atoms with van der Waals surface area (Å²) in [6.07, 6.45) is 1.38. The molecule has 1 fully saturated rings. The van der Waals surface area contributed by atoms with Crippen LogP contribution in [0.2, 0.25) is 0 Å². The van der Waals surface area contributed by atoms with E-state index in [0.29, 0.717) is 0 Å². The van der Waals surface area contributed by atoms with Gasteiger partial charge >= 0.3 is 0 Å². The molecule has 0 saturated carbocycles. The van der Waals surface area contributed by atoms with Crippen molar-refractivity contribution in [2.24, 2.45) is 5.92 Å². The molecule has 1 heterocycles. The molecule has 0 aromatic rings. The van der Waals surface area contributed by atoms with E-state index in [1.165, 1.54) is 23.0 Å². The van der Waals surface area contributed by atoms with Gasteiger partial charge in [0.2, 0.25) is 0 Å². The first-order valence-corrected chi connectivity index (χ1v) is 5.40. The summed E-state index contributed by atoms with van der Waals surface area (Å²) in [6, 6.07) is 0. The highest BCUT2D eigenvalue weighted by atomic mass is 32.2. The van der Waals surface area contributed by atoms with Gasteiger partial charge in [-0.25, -0.2) is 0 Å². The lowest BCUT2D eigenvalue weighted by molar-refractivity contribution is 0.646. The van der Waals surface area contributed by atoms with Crippen molar-refractivity contribution in [2.75, 3.05) is 16.6 Å². The highest BCUT2D eigenvalue weighted by Gasteiger charge is 2.10. The van der Waals surface area contributed by atoms with Gasteiger partial charge < -0.3 is 0 Å². The molecule has 0 unspecified atom stereocenters. The second-order valence-electron chi connectivity index (χ2n) is 2.13. The molecule has 0 aliphatic carbocycles. The summed E-state index contributed by atoms with van der Waals surface area (Å²) >= 11 is 4.18. The summed E-state index contributed by atoms with van der Waals surface area (Å²) in [5, 5.41) is 1.33. The predicted molar refractivity (Wildman–Crippen MR) is 43.6 cm³/mol. The molecule has 2 heteroatoms. The van der Waals surface area contributed by atoms with E-state index in [1.807, 2.05) is 0 Å². The Morgan fingerprint density at radius 3 is 2.38 bits per heavy atom. The SMILES string of the molecule is CCC1CSCSC1. The summed E-state index contributed by atoms with van der Waals surface area (Å²) in [6.45, 7) is 2.29. The summed E-state index contributed by atoms with van der Waals surface area (Å²) in [4.78, 5) is 0. The molecular weight excluding hydrogens is 136 g/mol. The minimum atomic E-state index is 1.01. The van der Waals surface area contributed by atoms with Crippen molar-refractivity contribution in [3.8, 4) is 0 Å². The molecule has 0 nitrogen and oxygen atoms in total. The monoisotopic (exact) mass is 148 g/mol. The van der Waals surface area contributed by atoms with E-state index in [4.69, 9.17) is 0 Å². The van der Waals surface area contributed by atoms with Gasteiger partial charge in [-0.05, 0) is 17.4 Å². The highest BCUT2D eigenvalue weighted by Crippen LogP contribution is 2.26. The molecule has 0 aromatic heterocycles. The average molecular weight is 148 g/mol. The minimum absolute atomic E-state index is 1.01. The van der Waals surface area contributed by atoms with E-state index in [-0.39, 0.29) is 0 Å². The fourth-order valence-corrected chi connectivity index (χ4v) is 3.54. The zero-order valence-electron chi connectivity index (χ0n) is 5.22. The first kappa shape index (κ1) is 6.81. The van der Waals surface area contributed by atoms with Gasteiger partial charge in [0.1, 0.15) is 0 Å². The summed E-state index contributed by atoms with van der Waals surface area (Å²) in [7, 11) is 0. The van der Waals surface area contributed by atoms with Crippen molar-refractivity contribution >= 4 is 23.5 Å². The molecular formula is C6H12S2. The molecule has 0 radical (unpaired) electrons. The molecule has 0 N–H and O–H groups in total. The Morgan fingerprint density at radius 2 is 2.00 bits per heavy atom. The smallest absolute Gasteiger partial charge is 0.0392 e. The van der Waals surface area contributed by atoms with Crippen LogP contribution in [0.3, 0.4) is 0 Å². The maximum atomic E-state index is 2.29. The third kappa shape index (κ3) is 1.90. The van der Waals surface area contributed by atoms with Gasteiger partial charge in [-0.2, -0.15) is 23.5 Å². The second kappa shape index (κ2) is 3.67. The molecule has 0 aromatic carbocycles. The van der Waals surface area contributed by atoms with Gasteiger partial charge in [0.15, 0.2) is 0 Å². The minimum Gasteiger partial charge on any atom is -0.151 e. The van der Waals surface area contributed by atoms with Crippen LogP contribution < -0.4 is 0 Å². The molecule has 0 bridgehead atoms. The fourth-order valence-electron chi connectivity index (χ4n) is 0.772. The molecule has 1 rings (SSSR count). The lowest BCUT2D eigenvalue weighted by Gasteiger charge is -2.18. The van der Waals surface area contributed by atoms with Gasteiger partial charge in [0.05, 0.1) is 0 Å². The van der Waals surface area contributed by atoms with Gasteiger partial charge in [-0.1, -0.05) is 13.3 Å². The second-order valence-corrected chi connectivity index (χ2v) is 4.56. The van der Waals surface area contributed by atoms with Crippen LogP contribution in [0.15, 0.2) is 0 Å². The van der Waals surface area contributed by atoms with E-state index < -0.39 is 0 Å². The van der Waals surface area contributed by atoms with E-state index >= 15 is 0 Å². The van der Waals surface area contributed by atoms with Crippen molar-refractivity contribution < 1.29 is 0 Å². The van der Waals surface area contributed by atoms with Crippen LogP contribution in [-0.4, -0.2) is 16.6 Å². The molecule has 1 saturated heterocycles. The normalized spacial score (nSPS) is 23.6. The zero-order valence-corrected chi connectivity index (χ0v) is 6.86. The van der Waals surface area contributed by atoms with Crippen molar-refractivity contribution in [2.45, 2.75) is 13.3 Å². The van der Waals surface area contributed by atoms with E-state index in [9.17, 15) is 0 Å². The van der Waals surface area contributed by atoms with Crippen molar-refractivity contribution in [3.05, 3.63) is 0 Å². The van der Waals surface area contributed by atoms with Crippen LogP contribution in [0.1, 0.15) is 13.3 Å².